The number of nitrogens with zero attached hydrogens (tertiary/aromatic N) is 2. The molecule has 1 heterocycles. The molecule has 0 aliphatic rings. The number of fused-ring (bicyclic) bond motifs is 1. The smallest absolute Gasteiger partial charge is 0.249 e. The van der Waals surface area contributed by atoms with E-state index in [1.807, 2.05) is 25.3 Å². The van der Waals surface area contributed by atoms with E-state index in [1.54, 1.807) is 30.3 Å². The molecule has 0 saturated carbocycles. The average molecular weight is 403 g/mol. The Morgan fingerprint density at radius 3 is 2.41 bits per heavy atom. The Balaban J connectivity index is 1.90. The van der Waals surface area contributed by atoms with Crippen molar-refractivity contribution in [1.82, 2.24) is 4.57 Å². The van der Waals surface area contributed by atoms with Gasteiger partial charge in [0.2, 0.25) is 5.91 Å². The van der Waals surface area contributed by atoms with Crippen molar-refractivity contribution in [2.24, 2.45) is 4.99 Å². The van der Waals surface area contributed by atoms with Gasteiger partial charge in [0.15, 0.2) is 14.6 Å². The predicted molar refractivity (Wildman–Crippen MR) is 109 cm³/mol. The van der Waals surface area contributed by atoms with E-state index in [4.69, 9.17) is 0 Å². The number of benzene rings is 2. The van der Waals surface area contributed by atoms with E-state index in [0.29, 0.717) is 11.3 Å². The van der Waals surface area contributed by atoms with E-state index in [0.717, 1.165) is 21.3 Å². The zero-order valence-electron chi connectivity index (χ0n) is 15.6. The number of hydrogen-bond acceptors (Lipinski definition) is 4. The Morgan fingerprint density at radius 1 is 1.07 bits per heavy atom. The van der Waals surface area contributed by atoms with Crippen molar-refractivity contribution in [1.29, 1.82) is 0 Å². The van der Waals surface area contributed by atoms with E-state index < -0.39 is 15.7 Å². The third kappa shape index (κ3) is 4.04. The molecule has 7 heteroatoms. The van der Waals surface area contributed by atoms with Crippen LogP contribution in [0.1, 0.15) is 24.5 Å². The number of carbonyl (C=O) groups is 1. The summed E-state index contributed by atoms with van der Waals surface area (Å²) in [4.78, 5) is 17.4. The van der Waals surface area contributed by atoms with Gasteiger partial charge in [-0.2, -0.15) is 4.99 Å². The number of aromatic nitrogens is 1. The number of aryl methyl sites for hydroxylation is 3. The van der Waals surface area contributed by atoms with Crippen LogP contribution in [0.25, 0.3) is 10.2 Å². The molecule has 1 aromatic heterocycles. The second kappa shape index (κ2) is 7.78. The van der Waals surface area contributed by atoms with Gasteiger partial charge in [0.05, 0.1) is 20.9 Å². The van der Waals surface area contributed by atoms with Gasteiger partial charge in [0, 0.05) is 13.0 Å². The first-order chi connectivity index (χ1) is 12.8. The maximum atomic E-state index is 12.4. The normalized spacial score (nSPS) is 12.6. The van der Waals surface area contributed by atoms with Crippen molar-refractivity contribution in [3.05, 3.63) is 58.4 Å². The Kier molecular flexibility index (Phi) is 5.62. The second-order valence-electron chi connectivity index (χ2n) is 6.39. The number of thiazole rings is 1. The fourth-order valence-electron chi connectivity index (χ4n) is 2.98. The molecule has 0 fully saturated rings. The molecule has 0 unspecified atom stereocenters. The van der Waals surface area contributed by atoms with E-state index in [1.165, 1.54) is 11.3 Å². The van der Waals surface area contributed by atoms with E-state index in [-0.39, 0.29) is 17.1 Å². The summed E-state index contributed by atoms with van der Waals surface area (Å²) in [5, 5.41) is 0. The standard InChI is InChI=1S/C20H22N2O3S2/c1-4-22-18-14(2)10-11-15(3)19(18)26-20(22)21-17(23)12-13-27(24,25)16-8-6-5-7-9-16/h5-11H,4,12-13H2,1-3H3. The van der Waals surface area contributed by atoms with Gasteiger partial charge in [-0.25, -0.2) is 8.42 Å². The Labute approximate surface area is 162 Å². The highest BCUT2D eigenvalue weighted by atomic mass is 32.2. The van der Waals surface area contributed by atoms with Crippen molar-refractivity contribution < 1.29 is 13.2 Å². The van der Waals surface area contributed by atoms with Gasteiger partial charge in [-0.1, -0.05) is 41.7 Å². The van der Waals surface area contributed by atoms with E-state index in [9.17, 15) is 13.2 Å². The van der Waals surface area contributed by atoms with Crippen LogP contribution in [0, 0.1) is 13.8 Å². The summed E-state index contributed by atoms with van der Waals surface area (Å²) in [7, 11) is -3.49. The summed E-state index contributed by atoms with van der Waals surface area (Å²) in [6.07, 6.45) is -0.132. The molecule has 0 N–H and O–H groups in total. The summed E-state index contributed by atoms with van der Waals surface area (Å²) in [5.74, 6) is -0.660. The van der Waals surface area contributed by atoms with E-state index in [2.05, 4.69) is 17.1 Å². The summed E-state index contributed by atoms with van der Waals surface area (Å²) in [6, 6.07) is 12.3. The molecule has 0 atom stereocenters. The van der Waals surface area contributed by atoms with Crippen LogP contribution >= 0.6 is 11.3 Å². The maximum Gasteiger partial charge on any atom is 0.249 e. The van der Waals surface area contributed by atoms with Gasteiger partial charge in [0.1, 0.15) is 0 Å². The maximum absolute atomic E-state index is 12.4. The number of hydrogen-bond donors (Lipinski definition) is 0. The van der Waals surface area contributed by atoms with E-state index >= 15 is 0 Å². The SMILES string of the molecule is CCn1c(=NC(=O)CCS(=O)(=O)c2ccccc2)sc2c(C)ccc(C)c21. The highest BCUT2D eigenvalue weighted by Crippen LogP contribution is 2.24. The van der Waals surface area contributed by atoms with Crippen molar-refractivity contribution in [2.45, 2.75) is 38.6 Å². The summed E-state index contributed by atoms with van der Waals surface area (Å²) < 4.78 is 27.8. The van der Waals surface area contributed by atoms with Crippen molar-refractivity contribution in [3.63, 3.8) is 0 Å². The first kappa shape index (κ1) is 19.5. The molecule has 142 valence electrons. The molecular formula is C20H22N2O3S2. The third-order valence-corrected chi connectivity index (χ3v) is 7.39. The molecule has 1 amide bonds. The minimum absolute atomic E-state index is 0.132. The predicted octanol–water partition coefficient (Wildman–Crippen LogP) is 3.63. The summed E-state index contributed by atoms with van der Waals surface area (Å²) in [6.45, 7) is 6.78. The fourth-order valence-corrected chi connectivity index (χ4v) is 5.49. The molecule has 0 radical (unpaired) electrons. The molecule has 2 aromatic carbocycles. The molecule has 0 bridgehead atoms. The van der Waals surface area contributed by atoms with Crippen molar-refractivity contribution in [2.75, 3.05) is 5.75 Å². The fraction of sp³-hybridized carbons (Fsp3) is 0.300. The quantitative estimate of drug-likeness (QED) is 0.654. The van der Waals surface area contributed by atoms with Crippen molar-refractivity contribution in [3.8, 4) is 0 Å². The van der Waals surface area contributed by atoms with Crippen LogP contribution in [0.15, 0.2) is 52.4 Å². The lowest BCUT2D eigenvalue weighted by Gasteiger charge is -2.05. The lowest BCUT2D eigenvalue weighted by molar-refractivity contribution is -0.117. The van der Waals surface area contributed by atoms with Gasteiger partial charge in [-0.05, 0) is 44.0 Å². The minimum atomic E-state index is -3.49. The summed E-state index contributed by atoms with van der Waals surface area (Å²) in [5.41, 5.74) is 3.36. The van der Waals surface area contributed by atoms with Crippen molar-refractivity contribution >= 4 is 37.3 Å². The Hall–Kier alpha value is -2.25. The highest BCUT2D eigenvalue weighted by molar-refractivity contribution is 7.91. The molecule has 27 heavy (non-hydrogen) atoms. The van der Waals surface area contributed by atoms with Gasteiger partial charge in [-0.15, -0.1) is 0 Å². The van der Waals surface area contributed by atoms with Crippen LogP contribution < -0.4 is 4.80 Å². The number of rotatable bonds is 5. The Bertz CT molecular complexity index is 1160. The topological polar surface area (TPSA) is 68.5 Å². The minimum Gasteiger partial charge on any atom is -0.316 e. The largest absolute Gasteiger partial charge is 0.316 e. The Morgan fingerprint density at radius 2 is 1.74 bits per heavy atom. The molecule has 3 rings (SSSR count). The second-order valence-corrected chi connectivity index (χ2v) is 9.48. The van der Waals surface area contributed by atoms with Crippen LogP contribution in [0.3, 0.4) is 0 Å². The van der Waals surface area contributed by atoms with Crippen LogP contribution in [-0.2, 0) is 21.2 Å². The van der Waals surface area contributed by atoms with Gasteiger partial charge in [-0.3, -0.25) is 4.79 Å². The first-order valence-electron chi connectivity index (χ1n) is 8.78. The summed E-state index contributed by atoms with van der Waals surface area (Å²) >= 11 is 1.47. The molecule has 5 nitrogen and oxygen atoms in total. The van der Waals surface area contributed by atoms with Gasteiger partial charge >= 0.3 is 0 Å². The monoisotopic (exact) mass is 402 g/mol. The lowest BCUT2D eigenvalue weighted by Crippen LogP contribution is -2.17. The number of amides is 1. The molecular weight excluding hydrogens is 380 g/mol. The van der Waals surface area contributed by atoms with Gasteiger partial charge < -0.3 is 4.57 Å². The van der Waals surface area contributed by atoms with Crippen LogP contribution in [-0.4, -0.2) is 24.6 Å². The molecule has 0 saturated heterocycles. The van der Waals surface area contributed by atoms with Gasteiger partial charge in [0.25, 0.3) is 0 Å². The molecule has 0 aliphatic carbocycles. The lowest BCUT2D eigenvalue weighted by atomic mass is 10.1. The molecule has 0 spiro atoms. The number of carbonyl (C=O) groups excluding carboxylic acids is 1. The van der Waals surface area contributed by atoms with Crippen LogP contribution in [0.2, 0.25) is 0 Å². The highest BCUT2D eigenvalue weighted by Gasteiger charge is 2.16. The number of sulfone groups is 1. The average Bonchev–Trinajstić information content (AvgIpc) is 3.03. The first-order valence-corrected chi connectivity index (χ1v) is 11.2. The van der Waals surface area contributed by atoms with Crippen LogP contribution in [0.4, 0.5) is 0 Å². The van der Waals surface area contributed by atoms with Crippen LogP contribution in [0.5, 0.6) is 0 Å². The molecule has 3 aromatic rings. The molecule has 0 aliphatic heterocycles. The zero-order valence-corrected chi connectivity index (χ0v) is 17.2. The third-order valence-electron chi connectivity index (χ3n) is 4.45. The zero-order chi connectivity index (χ0) is 19.6.